The molecule has 4 heteroatoms. The molecule has 0 fully saturated rings. The average Bonchev–Trinajstić information content (AvgIpc) is 2.47. The van der Waals surface area contributed by atoms with Gasteiger partial charge in [-0.15, -0.1) is 0 Å². The Morgan fingerprint density at radius 1 is 1.05 bits per heavy atom. The molecular weight excluding hydrogens is 248 g/mol. The molecule has 1 aromatic carbocycles. The summed E-state index contributed by atoms with van der Waals surface area (Å²) in [4.78, 5) is 4.36. The van der Waals surface area contributed by atoms with Gasteiger partial charge in [0.2, 0.25) is 0 Å². The summed E-state index contributed by atoms with van der Waals surface area (Å²) in [7, 11) is 0. The van der Waals surface area contributed by atoms with Gasteiger partial charge in [-0.3, -0.25) is 0 Å². The first-order chi connectivity index (χ1) is 9.63. The van der Waals surface area contributed by atoms with Crippen LogP contribution in [0.25, 0.3) is 0 Å². The van der Waals surface area contributed by atoms with Gasteiger partial charge in [-0.05, 0) is 43.7 Å². The number of nitrogens with zero attached hydrogens (tertiary/aromatic N) is 3. The van der Waals surface area contributed by atoms with E-state index in [2.05, 4.69) is 22.4 Å². The molecule has 1 N–H and O–H groups in total. The second-order valence-electron chi connectivity index (χ2n) is 4.56. The predicted molar refractivity (Wildman–Crippen MR) is 76.9 cm³/mol. The highest BCUT2D eigenvalue weighted by Gasteiger charge is 2.10. The summed E-state index contributed by atoms with van der Waals surface area (Å²) in [5, 5.41) is 21.1. The third kappa shape index (κ3) is 2.93. The van der Waals surface area contributed by atoms with Crippen molar-refractivity contribution in [3.05, 3.63) is 58.8 Å². The Balaban J connectivity index is 2.23. The highest BCUT2D eigenvalue weighted by Crippen LogP contribution is 2.21. The van der Waals surface area contributed by atoms with Gasteiger partial charge < -0.3 is 5.32 Å². The normalized spacial score (nSPS) is 11.2. The lowest BCUT2D eigenvalue weighted by Crippen LogP contribution is -2.09. The maximum absolute atomic E-state index is 9.10. The molecule has 0 spiro atoms. The van der Waals surface area contributed by atoms with Crippen LogP contribution >= 0.6 is 0 Å². The smallest absolute Gasteiger partial charge is 0.144 e. The lowest BCUT2D eigenvalue weighted by molar-refractivity contribution is 0.871. The van der Waals surface area contributed by atoms with E-state index in [1.165, 1.54) is 0 Å². The minimum Gasteiger partial charge on any atom is -0.362 e. The summed E-state index contributed by atoms with van der Waals surface area (Å²) in [6.07, 6.45) is 0. The molecule has 0 amide bonds. The number of nitrogens with one attached hydrogen (secondary N) is 1. The van der Waals surface area contributed by atoms with Crippen LogP contribution < -0.4 is 5.32 Å². The van der Waals surface area contributed by atoms with Crippen LogP contribution in [-0.4, -0.2) is 4.98 Å². The number of aromatic nitrogens is 1. The van der Waals surface area contributed by atoms with Crippen molar-refractivity contribution in [1.82, 2.24) is 4.98 Å². The molecule has 1 aromatic heterocycles. The quantitative estimate of drug-likeness (QED) is 0.921. The summed E-state index contributed by atoms with van der Waals surface area (Å²) >= 11 is 0. The van der Waals surface area contributed by atoms with Crippen molar-refractivity contribution in [3.8, 4) is 12.1 Å². The lowest BCUT2D eigenvalue weighted by Gasteiger charge is -2.16. The molecule has 1 atom stereocenters. The molecule has 0 saturated heterocycles. The van der Waals surface area contributed by atoms with E-state index in [1.54, 1.807) is 18.2 Å². The Hall–Kier alpha value is -2.85. The fourth-order valence-corrected chi connectivity index (χ4v) is 1.89. The van der Waals surface area contributed by atoms with Crippen molar-refractivity contribution >= 4 is 5.82 Å². The Morgan fingerprint density at radius 2 is 1.75 bits per heavy atom. The molecule has 2 aromatic rings. The van der Waals surface area contributed by atoms with Crippen molar-refractivity contribution in [2.45, 2.75) is 19.9 Å². The zero-order chi connectivity index (χ0) is 14.5. The van der Waals surface area contributed by atoms with Crippen LogP contribution in [0.15, 0.2) is 36.4 Å². The summed E-state index contributed by atoms with van der Waals surface area (Å²) in [6.45, 7) is 3.88. The first-order valence-electron chi connectivity index (χ1n) is 6.28. The first-order valence-corrected chi connectivity index (χ1v) is 6.28. The van der Waals surface area contributed by atoms with E-state index in [1.807, 2.05) is 32.0 Å². The number of aryl methyl sites for hydroxylation is 1. The van der Waals surface area contributed by atoms with Crippen molar-refractivity contribution < 1.29 is 0 Å². The molecule has 1 heterocycles. The minimum absolute atomic E-state index is 0.00384. The summed E-state index contributed by atoms with van der Waals surface area (Å²) in [5.74, 6) is 0.587. The van der Waals surface area contributed by atoms with Gasteiger partial charge >= 0.3 is 0 Å². The summed E-state index contributed by atoms with van der Waals surface area (Å²) in [5.41, 5.74) is 3.05. The van der Waals surface area contributed by atoms with Crippen LogP contribution in [0.4, 0.5) is 5.82 Å². The van der Waals surface area contributed by atoms with E-state index < -0.39 is 0 Å². The predicted octanol–water partition coefficient (Wildman–Crippen LogP) is 3.31. The number of pyridine rings is 1. The van der Waals surface area contributed by atoms with E-state index in [4.69, 9.17) is 10.5 Å². The Bertz CT molecular complexity index is 690. The van der Waals surface area contributed by atoms with Crippen LogP contribution in [0.1, 0.15) is 35.3 Å². The van der Waals surface area contributed by atoms with Gasteiger partial charge in [-0.25, -0.2) is 4.98 Å². The van der Waals surface area contributed by atoms with E-state index >= 15 is 0 Å². The molecule has 0 saturated carbocycles. The largest absolute Gasteiger partial charge is 0.362 e. The molecule has 0 aliphatic carbocycles. The fourth-order valence-electron chi connectivity index (χ4n) is 1.89. The van der Waals surface area contributed by atoms with Crippen LogP contribution in [-0.2, 0) is 0 Å². The highest BCUT2D eigenvalue weighted by atomic mass is 15.0. The zero-order valence-corrected chi connectivity index (χ0v) is 11.4. The Morgan fingerprint density at radius 3 is 2.35 bits per heavy atom. The molecule has 0 bridgehead atoms. The highest BCUT2D eigenvalue weighted by molar-refractivity contribution is 5.53. The lowest BCUT2D eigenvalue weighted by atomic mass is 10.1. The van der Waals surface area contributed by atoms with Crippen molar-refractivity contribution in [2.75, 3.05) is 5.32 Å². The van der Waals surface area contributed by atoms with Crippen molar-refractivity contribution in [1.29, 1.82) is 10.5 Å². The standard InChI is InChI=1S/C16H14N4/c1-11-3-6-15(10-18)16(19-11)20-12(2)14-7-4-13(9-17)5-8-14/h3-8,12H,1-2H3,(H,19,20). The van der Waals surface area contributed by atoms with Crippen LogP contribution in [0.5, 0.6) is 0 Å². The number of hydrogen-bond acceptors (Lipinski definition) is 4. The van der Waals surface area contributed by atoms with Crippen molar-refractivity contribution in [3.63, 3.8) is 0 Å². The van der Waals surface area contributed by atoms with Gasteiger partial charge in [0.25, 0.3) is 0 Å². The number of rotatable bonds is 3. The molecule has 20 heavy (non-hydrogen) atoms. The number of nitriles is 2. The van der Waals surface area contributed by atoms with Gasteiger partial charge in [-0.1, -0.05) is 12.1 Å². The summed E-state index contributed by atoms with van der Waals surface area (Å²) < 4.78 is 0. The number of hydrogen-bond donors (Lipinski definition) is 1. The van der Waals surface area contributed by atoms with Gasteiger partial charge in [0.15, 0.2) is 0 Å². The van der Waals surface area contributed by atoms with Crippen LogP contribution in [0, 0.1) is 29.6 Å². The van der Waals surface area contributed by atoms with Gasteiger partial charge in [0, 0.05) is 11.7 Å². The zero-order valence-electron chi connectivity index (χ0n) is 11.4. The third-order valence-electron chi connectivity index (χ3n) is 3.05. The average molecular weight is 262 g/mol. The summed E-state index contributed by atoms with van der Waals surface area (Å²) in [6, 6.07) is 15.2. The molecule has 4 nitrogen and oxygen atoms in total. The molecule has 0 aliphatic heterocycles. The Labute approximate surface area is 118 Å². The van der Waals surface area contributed by atoms with Crippen molar-refractivity contribution in [2.24, 2.45) is 0 Å². The first kappa shape index (κ1) is 13.6. The Kier molecular flexibility index (Phi) is 3.98. The minimum atomic E-state index is 0.00384. The second kappa shape index (κ2) is 5.86. The van der Waals surface area contributed by atoms with Crippen LogP contribution in [0.2, 0.25) is 0 Å². The molecule has 1 unspecified atom stereocenters. The molecule has 98 valence electrons. The van der Waals surface area contributed by atoms with E-state index in [9.17, 15) is 0 Å². The second-order valence-corrected chi connectivity index (χ2v) is 4.56. The maximum atomic E-state index is 9.10. The van der Waals surface area contributed by atoms with E-state index in [0.717, 1.165) is 11.3 Å². The van der Waals surface area contributed by atoms with Crippen LogP contribution in [0.3, 0.4) is 0 Å². The molecule has 0 aliphatic rings. The van der Waals surface area contributed by atoms with Gasteiger partial charge in [0.1, 0.15) is 11.9 Å². The van der Waals surface area contributed by atoms with Gasteiger partial charge in [0.05, 0.1) is 17.2 Å². The third-order valence-corrected chi connectivity index (χ3v) is 3.05. The SMILES string of the molecule is Cc1ccc(C#N)c(NC(C)c2ccc(C#N)cc2)n1. The molecule has 2 rings (SSSR count). The molecular formula is C16H14N4. The topological polar surface area (TPSA) is 72.5 Å². The van der Waals surface area contributed by atoms with E-state index in [0.29, 0.717) is 16.9 Å². The van der Waals surface area contributed by atoms with Gasteiger partial charge in [-0.2, -0.15) is 10.5 Å². The number of benzene rings is 1. The molecule has 0 radical (unpaired) electrons. The number of anilines is 1. The monoisotopic (exact) mass is 262 g/mol. The van der Waals surface area contributed by atoms with E-state index in [-0.39, 0.29) is 6.04 Å². The maximum Gasteiger partial charge on any atom is 0.144 e. The fraction of sp³-hybridized carbons (Fsp3) is 0.188.